The molecule has 0 aliphatic carbocycles. The Bertz CT molecular complexity index is 5130. The summed E-state index contributed by atoms with van der Waals surface area (Å²) in [7, 11) is -6.21. The van der Waals surface area contributed by atoms with E-state index in [4.69, 9.17) is 27.3 Å². The molecule has 14 aromatic rings. The Labute approximate surface area is 425 Å². The van der Waals surface area contributed by atoms with Crippen molar-refractivity contribution in [3.05, 3.63) is 248 Å². The Morgan fingerprint density at radius 2 is 0.855 bits per heavy atom. The van der Waals surface area contributed by atoms with Gasteiger partial charge in [0, 0.05) is 43.4 Å². The van der Waals surface area contributed by atoms with Gasteiger partial charge in [0.25, 0.3) is 0 Å². The van der Waals surface area contributed by atoms with Crippen LogP contribution in [-0.4, -0.2) is 32.0 Å². The zero-order valence-corrected chi connectivity index (χ0v) is 36.9. The second kappa shape index (κ2) is 15.6. The third kappa shape index (κ3) is 5.92. The molecule has 6 heteroatoms. The molecule has 0 spiro atoms. The molecule has 0 saturated heterocycles. The number of rotatable bonds is 8. The van der Waals surface area contributed by atoms with E-state index in [0.29, 0.717) is 22.2 Å². The zero-order valence-electron chi connectivity index (χ0n) is 54.9. The van der Waals surface area contributed by atoms with Gasteiger partial charge in [-0.25, -0.2) is 4.98 Å². The summed E-state index contributed by atoms with van der Waals surface area (Å²) in [5.74, 6) is -0.616. The normalized spacial score (nSPS) is 15.9. The van der Waals surface area contributed by atoms with E-state index in [1.165, 1.54) is 0 Å². The van der Waals surface area contributed by atoms with Crippen LogP contribution in [0.2, 0.25) is 0 Å². The maximum Gasteiger partial charge on any atom is 0.238 e. The number of hydrogen-bond donors (Lipinski definition) is 0. The molecule has 5 nitrogen and oxygen atoms in total. The number of nitrogens with zero attached hydrogens (tertiary/aromatic N) is 5. The maximum absolute atomic E-state index is 10.6. The van der Waals surface area contributed by atoms with Crippen LogP contribution in [0.4, 0.5) is 0 Å². The smallest absolute Gasteiger partial charge is 0.238 e. The third-order valence-corrected chi connectivity index (χ3v) is 17.0. The summed E-state index contributed by atoms with van der Waals surface area (Å²) in [5.41, 5.74) is 5.40. The Kier molecular flexibility index (Phi) is 5.57. The second-order valence-electron chi connectivity index (χ2n) is 16.5. The Morgan fingerprint density at radius 1 is 0.362 bits per heavy atom. The van der Waals surface area contributed by atoms with Crippen molar-refractivity contribution >= 4 is 88.7 Å². The van der Waals surface area contributed by atoms with Crippen LogP contribution < -0.4 is 20.7 Å². The quantitative estimate of drug-likeness (QED) is 0.113. The fraction of sp³-hybridized carbons (Fsp3) is 0. The molecule has 4 aromatic heterocycles. The summed E-state index contributed by atoms with van der Waals surface area (Å²) >= 11 is 0. The predicted octanol–water partition coefficient (Wildman–Crippen LogP) is 12.5. The summed E-state index contributed by atoms with van der Waals surface area (Å²) in [6.45, 7) is 0. The van der Waals surface area contributed by atoms with Crippen LogP contribution in [0.3, 0.4) is 0 Å². The topological polar surface area (TPSA) is 48.0 Å². The fourth-order valence-electron chi connectivity index (χ4n) is 10.1. The number of fused-ring (bicyclic) bond motifs is 9. The first-order chi connectivity index (χ1) is 42.1. The number of para-hydroxylation sites is 4. The van der Waals surface area contributed by atoms with Gasteiger partial charge >= 0.3 is 0 Å². The van der Waals surface area contributed by atoms with E-state index in [-0.39, 0.29) is 11.8 Å². The van der Waals surface area contributed by atoms with Gasteiger partial charge in [0.2, 0.25) is 5.95 Å². The van der Waals surface area contributed by atoms with Crippen molar-refractivity contribution in [1.29, 1.82) is 0 Å². The minimum Gasteiger partial charge on any atom is -0.308 e. The van der Waals surface area contributed by atoms with Gasteiger partial charge in [-0.05, 0) is 62.2 Å². The second-order valence-corrected chi connectivity index (χ2v) is 20.0. The average molecular weight is 915 g/mol. The molecular formula is C63H41N5Si. The first-order valence-electron chi connectivity index (χ1n) is 31.5. The molecular weight excluding hydrogens is 855 g/mol. The minimum atomic E-state index is -6.21. The van der Waals surface area contributed by atoms with Crippen LogP contribution in [0.5, 0.6) is 0 Å². The highest BCUT2D eigenvalue weighted by Gasteiger charge is 2.41. The van der Waals surface area contributed by atoms with Gasteiger partial charge in [0.05, 0.1) is 53.6 Å². The highest BCUT2D eigenvalue weighted by atomic mass is 28.3. The zero-order chi connectivity index (χ0) is 62.0. The minimum absolute atomic E-state index is 0.0375. The molecule has 69 heavy (non-hydrogen) atoms. The summed E-state index contributed by atoms with van der Waals surface area (Å²) in [6, 6.07) is 22.6. The highest BCUT2D eigenvalue weighted by molar-refractivity contribution is 7.19. The van der Waals surface area contributed by atoms with Crippen LogP contribution in [0.1, 0.15) is 26.0 Å². The lowest BCUT2D eigenvalue weighted by Gasteiger charge is -2.34. The van der Waals surface area contributed by atoms with Gasteiger partial charge in [-0.1, -0.05) is 218 Å². The molecule has 10 aromatic carbocycles. The molecule has 0 radical (unpaired) electrons. The maximum atomic E-state index is 10.6. The molecule has 0 fully saturated rings. The van der Waals surface area contributed by atoms with Crippen molar-refractivity contribution in [1.82, 2.24) is 23.9 Å². The summed E-state index contributed by atoms with van der Waals surface area (Å²) < 4.78 is 183. The lowest BCUT2D eigenvalue weighted by atomic mass is 9.97. The van der Waals surface area contributed by atoms with Crippen molar-refractivity contribution in [2.45, 2.75) is 0 Å². The summed E-state index contributed by atoms with van der Waals surface area (Å²) in [5, 5.41) is 1.91. The number of hydrogen-bond acceptors (Lipinski definition) is 3. The van der Waals surface area contributed by atoms with E-state index >= 15 is 0 Å². The van der Waals surface area contributed by atoms with Crippen LogP contribution in [0.15, 0.2) is 248 Å². The van der Waals surface area contributed by atoms with Crippen LogP contribution in [-0.2, 0) is 0 Å². The summed E-state index contributed by atoms with van der Waals surface area (Å²) in [4.78, 5) is 15.3. The van der Waals surface area contributed by atoms with E-state index < -0.39 is 155 Å². The number of aromatic nitrogens is 5. The first-order valence-corrected chi connectivity index (χ1v) is 24.0. The van der Waals surface area contributed by atoms with Crippen LogP contribution in [0.25, 0.3) is 99.8 Å². The lowest BCUT2D eigenvalue weighted by molar-refractivity contribution is 0.954. The monoisotopic (exact) mass is 914 g/mol. The molecule has 0 N–H and O–H groups in total. The Hall–Kier alpha value is -8.97. The summed E-state index contributed by atoms with van der Waals surface area (Å²) in [6.07, 6.45) is 0. The SMILES string of the molecule is [2H]c1c([2H])c([2H])c([Si](c2c([2H])c([2H])c([2H])c([2H])c2[2H])(c2c([2H])c([2H])c([2H])c([2H])c2[2H])c2c([2H])c([2H])c([2H])c(-c3nc(-c4ccccc4-c4ccc5c(c4)c4cccc6c7ccccc7n5c64)nc(-n4c5ccccc5c5ccccc54)n3)c2[2H])c([2H])c1[2H]. The predicted molar refractivity (Wildman–Crippen MR) is 289 cm³/mol. The number of benzene rings is 10. The van der Waals surface area contributed by atoms with E-state index in [9.17, 15) is 13.7 Å². The van der Waals surface area contributed by atoms with Gasteiger partial charge in [-0.15, -0.1) is 0 Å². The van der Waals surface area contributed by atoms with E-state index in [0.717, 1.165) is 54.4 Å². The lowest BCUT2D eigenvalue weighted by Crippen LogP contribution is -2.74. The van der Waals surface area contributed by atoms with E-state index in [1.807, 2.05) is 91.0 Å². The van der Waals surface area contributed by atoms with E-state index in [1.54, 1.807) is 16.7 Å². The molecule has 0 atom stereocenters. The van der Waals surface area contributed by atoms with Crippen molar-refractivity contribution in [2.24, 2.45) is 0 Å². The Balaban J connectivity index is 1.14. The van der Waals surface area contributed by atoms with Crippen LogP contribution in [0, 0.1) is 0 Å². The molecule has 0 unspecified atom stereocenters. The van der Waals surface area contributed by atoms with Gasteiger partial charge in [0.1, 0.15) is 0 Å². The molecule has 0 aliphatic rings. The van der Waals surface area contributed by atoms with Crippen LogP contribution >= 0.6 is 0 Å². The third-order valence-electron chi connectivity index (χ3n) is 13.0. The molecule has 0 saturated carbocycles. The molecule has 4 heterocycles. The Morgan fingerprint density at radius 3 is 1.49 bits per heavy atom. The average Bonchev–Trinajstić information content (AvgIpc) is 1.16. The molecule has 0 bridgehead atoms. The fourth-order valence-corrected chi connectivity index (χ4v) is 13.6. The molecule has 0 amide bonds. The van der Waals surface area contributed by atoms with Crippen molar-refractivity contribution < 1.29 is 26.0 Å². The van der Waals surface area contributed by atoms with E-state index in [2.05, 4.69) is 34.7 Å². The van der Waals surface area contributed by atoms with Gasteiger partial charge in [-0.3, -0.25) is 4.57 Å². The van der Waals surface area contributed by atoms with Gasteiger partial charge < -0.3 is 4.40 Å². The van der Waals surface area contributed by atoms with Crippen molar-refractivity contribution in [2.75, 3.05) is 0 Å². The van der Waals surface area contributed by atoms with Crippen molar-refractivity contribution in [3.63, 3.8) is 0 Å². The molecule has 14 rings (SSSR count). The van der Waals surface area contributed by atoms with Crippen molar-refractivity contribution in [3.8, 4) is 39.9 Å². The largest absolute Gasteiger partial charge is 0.308 e. The molecule has 0 aliphatic heterocycles. The highest BCUT2D eigenvalue weighted by Crippen LogP contribution is 2.41. The van der Waals surface area contributed by atoms with Gasteiger partial charge in [-0.2, -0.15) is 9.97 Å². The van der Waals surface area contributed by atoms with Gasteiger partial charge in [0.15, 0.2) is 19.7 Å². The molecule has 322 valence electrons. The first kappa shape index (κ1) is 24.7. The standard InChI is InChI=1S/C63H41N5Si/c1-4-21-44(22-5-1)69(45-23-6-2-7-24-45,46-25-8-3-9-26-46)47-27-18-20-43(40-47)61-64-62(66-63(65-61)68-57-36-16-12-29-49(57)50-30-13-17-37-58(50)68)54-32-11-10-28-48(54)42-38-39-59-55(41-42)53-34-19-33-52-51-31-14-15-35-56(51)67(59)60(52)53/h1-41H/i1D,2D,3D,4D,5D,6D,7D,8D,9D,18D,20D,21D,22D,23D,24D,25D,26D,27D,40D.